The molecule has 0 fully saturated rings. The van der Waals surface area contributed by atoms with Gasteiger partial charge in [-0.05, 0) is 18.6 Å². The molecule has 0 aliphatic rings. The lowest BCUT2D eigenvalue weighted by molar-refractivity contribution is 0.111. The molecule has 0 aliphatic heterocycles. The molecule has 0 radical (unpaired) electrons. The van der Waals surface area contributed by atoms with E-state index >= 15 is 0 Å². The van der Waals surface area contributed by atoms with Crippen LogP contribution >= 0.6 is 0 Å². The first kappa shape index (κ1) is 9.71. The third-order valence-corrected chi connectivity index (χ3v) is 2.55. The van der Waals surface area contributed by atoms with Gasteiger partial charge in [0.05, 0.1) is 5.69 Å². The first-order chi connectivity index (χ1) is 7.20. The number of carbonyl (C=O) groups is 1. The summed E-state index contributed by atoms with van der Waals surface area (Å²) in [7, 11) is 1.88. The zero-order valence-electron chi connectivity index (χ0n) is 8.90. The summed E-state index contributed by atoms with van der Waals surface area (Å²) in [6.07, 6.45) is 2.84. The molecule has 0 saturated heterocycles. The van der Waals surface area contributed by atoms with Crippen molar-refractivity contribution in [3.05, 3.63) is 47.8 Å². The van der Waals surface area contributed by atoms with Crippen LogP contribution in [0.3, 0.4) is 0 Å². The second kappa shape index (κ2) is 3.73. The lowest BCUT2D eigenvalue weighted by Gasteiger charge is -1.97. The van der Waals surface area contributed by atoms with Gasteiger partial charge >= 0.3 is 0 Å². The fourth-order valence-corrected chi connectivity index (χ4v) is 1.60. The van der Waals surface area contributed by atoms with Gasteiger partial charge in [-0.25, -0.2) is 0 Å². The molecule has 0 unspecified atom stereocenters. The predicted octanol–water partition coefficient (Wildman–Crippen LogP) is 2.81. The van der Waals surface area contributed by atoms with Crippen molar-refractivity contribution in [1.82, 2.24) is 4.57 Å². The van der Waals surface area contributed by atoms with Crippen LogP contribution in [0.5, 0.6) is 0 Å². The molecule has 2 rings (SSSR count). The summed E-state index contributed by atoms with van der Waals surface area (Å²) in [6.45, 7) is 2.06. The Morgan fingerprint density at radius 2 is 1.80 bits per heavy atom. The number of aldehydes is 1. The second-order valence-electron chi connectivity index (χ2n) is 3.75. The monoisotopic (exact) mass is 199 g/mol. The molecule has 76 valence electrons. The van der Waals surface area contributed by atoms with Crippen LogP contribution < -0.4 is 0 Å². The van der Waals surface area contributed by atoms with E-state index in [1.165, 1.54) is 5.56 Å². The Morgan fingerprint density at radius 1 is 1.13 bits per heavy atom. The van der Waals surface area contributed by atoms with Gasteiger partial charge in [0.1, 0.15) is 0 Å². The van der Waals surface area contributed by atoms with Crippen LogP contribution in [-0.2, 0) is 7.05 Å². The third-order valence-electron chi connectivity index (χ3n) is 2.55. The molecule has 0 amide bonds. The number of hydrogen-bond acceptors (Lipinski definition) is 1. The number of carbonyl (C=O) groups excluding carboxylic acids is 1. The van der Waals surface area contributed by atoms with Crippen LogP contribution in [0.15, 0.2) is 36.5 Å². The first-order valence-corrected chi connectivity index (χ1v) is 4.89. The van der Waals surface area contributed by atoms with Gasteiger partial charge < -0.3 is 4.57 Å². The summed E-state index contributed by atoms with van der Waals surface area (Å²) < 4.78 is 1.84. The Labute approximate surface area is 89.2 Å². The molecule has 0 atom stereocenters. The largest absolute Gasteiger partial charge is 0.348 e. The van der Waals surface area contributed by atoms with Crippen LogP contribution in [0, 0.1) is 6.92 Å². The molecule has 1 aromatic heterocycles. The van der Waals surface area contributed by atoms with E-state index in [1.807, 2.05) is 23.9 Å². The van der Waals surface area contributed by atoms with Crippen molar-refractivity contribution in [1.29, 1.82) is 0 Å². The van der Waals surface area contributed by atoms with Crippen LogP contribution in [0.4, 0.5) is 0 Å². The number of nitrogens with zero attached hydrogens (tertiary/aromatic N) is 1. The molecule has 2 nitrogen and oxygen atoms in total. The van der Waals surface area contributed by atoms with E-state index in [4.69, 9.17) is 0 Å². The van der Waals surface area contributed by atoms with E-state index in [0.29, 0.717) is 5.69 Å². The molecule has 0 saturated carbocycles. The van der Waals surface area contributed by atoms with Crippen LogP contribution in [0.1, 0.15) is 16.1 Å². The lowest BCUT2D eigenvalue weighted by atomic mass is 10.1. The Balaban J connectivity index is 2.45. The van der Waals surface area contributed by atoms with Gasteiger partial charge in [0.25, 0.3) is 0 Å². The highest BCUT2D eigenvalue weighted by atomic mass is 16.1. The summed E-state index contributed by atoms with van der Waals surface area (Å²) in [5.74, 6) is 0. The average Bonchev–Trinajstić information content (AvgIpc) is 2.61. The molecule has 1 heterocycles. The molecule has 0 aliphatic carbocycles. The van der Waals surface area contributed by atoms with Gasteiger partial charge in [-0.1, -0.05) is 29.8 Å². The minimum atomic E-state index is 0.700. The van der Waals surface area contributed by atoms with E-state index in [1.54, 1.807) is 0 Å². The maximum atomic E-state index is 10.7. The van der Waals surface area contributed by atoms with Crippen molar-refractivity contribution in [3.8, 4) is 11.1 Å². The Bertz CT molecular complexity index is 480. The number of aromatic nitrogens is 1. The molecule has 0 N–H and O–H groups in total. The van der Waals surface area contributed by atoms with Gasteiger partial charge in [-0.15, -0.1) is 0 Å². The molecule has 15 heavy (non-hydrogen) atoms. The SMILES string of the molecule is Cc1ccc(-c2cc(C=O)n(C)c2)cc1. The molecular weight excluding hydrogens is 186 g/mol. The minimum Gasteiger partial charge on any atom is -0.348 e. The smallest absolute Gasteiger partial charge is 0.166 e. The lowest BCUT2D eigenvalue weighted by Crippen LogP contribution is -1.90. The van der Waals surface area contributed by atoms with E-state index in [0.717, 1.165) is 17.4 Å². The van der Waals surface area contributed by atoms with Crippen molar-refractivity contribution < 1.29 is 4.79 Å². The van der Waals surface area contributed by atoms with Crippen LogP contribution in [-0.4, -0.2) is 10.9 Å². The Kier molecular flexibility index (Phi) is 2.42. The van der Waals surface area contributed by atoms with Crippen molar-refractivity contribution in [2.75, 3.05) is 0 Å². The highest BCUT2D eigenvalue weighted by Crippen LogP contribution is 2.21. The number of hydrogen-bond donors (Lipinski definition) is 0. The van der Waals surface area contributed by atoms with Gasteiger partial charge in [-0.3, -0.25) is 4.79 Å². The topological polar surface area (TPSA) is 22.0 Å². The van der Waals surface area contributed by atoms with Gasteiger partial charge in [-0.2, -0.15) is 0 Å². The standard InChI is InChI=1S/C13H13NO/c1-10-3-5-11(6-4-10)12-7-13(9-15)14(2)8-12/h3-9H,1-2H3. The minimum absolute atomic E-state index is 0.700. The van der Waals surface area contributed by atoms with Crippen molar-refractivity contribution in [3.63, 3.8) is 0 Å². The molecular formula is C13H13NO. The highest BCUT2D eigenvalue weighted by molar-refractivity contribution is 5.77. The second-order valence-corrected chi connectivity index (χ2v) is 3.75. The maximum absolute atomic E-state index is 10.7. The highest BCUT2D eigenvalue weighted by Gasteiger charge is 2.03. The summed E-state index contributed by atoms with van der Waals surface area (Å²) in [5.41, 5.74) is 4.17. The fraction of sp³-hybridized carbons (Fsp3) is 0.154. The summed E-state index contributed by atoms with van der Waals surface area (Å²) in [4.78, 5) is 10.7. The van der Waals surface area contributed by atoms with Crippen molar-refractivity contribution in [2.45, 2.75) is 6.92 Å². The molecule has 1 aromatic carbocycles. The van der Waals surface area contributed by atoms with Crippen molar-refractivity contribution in [2.24, 2.45) is 7.05 Å². The van der Waals surface area contributed by atoms with Crippen LogP contribution in [0.2, 0.25) is 0 Å². The van der Waals surface area contributed by atoms with E-state index in [-0.39, 0.29) is 0 Å². The summed E-state index contributed by atoms with van der Waals surface area (Å²) in [6, 6.07) is 10.2. The van der Waals surface area contributed by atoms with Crippen molar-refractivity contribution >= 4 is 6.29 Å². The maximum Gasteiger partial charge on any atom is 0.166 e. The predicted molar refractivity (Wildman–Crippen MR) is 61.0 cm³/mol. The van der Waals surface area contributed by atoms with E-state index < -0.39 is 0 Å². The molecule has 0 spiro atoms. The van der Waals surface area contributed by atoms with Gasteiger partial charge in [0, 0.05) is 18.8 Å². The number of benzene rings is 1. The number of aryl methyl sites for hydroxylation is 2. The molecule has 2 aromatic rings. The third kappa shape index (κ3) is 1.84. The summed E-state index contributed by atoms with van der Waals surface area (Å²) in [5, 5.41) is 0. The average molecular weight is 199 g/mol. The zero-order valence-corrected chi connectivity index (χ0v) is 8.90. The first-order valence-electron chi connectivity index (χ1n) is 4.89. The number of rotatable bonds is 2. The Hall–Kier alpha value is -1.83. The zero-order chi connectivity index (χ0) is 10.8. The Morgan fingerprint density at radius 3 is 2.33 bits per heavy atom. The normalized spacial score (nSPS) is 10.3. The molecule has 2 heteroatoms. The van der Waals surface area contributed by atoms with Gasteiger partial charge in [0.2, 0.25) is 0 Å². The van der Waals surface area contributed by atoms with Gasteiger partial charge in [0.15, 0.2) is 6.29 Å². The van der Waals surface area contributed by atoms with E-state index in [9.17, 15) is 4.79 Å². The quantitative estimate of drug-likeness (QED) is 0.682. The van der Waals surface area contributed by atoms with E-state index in [2.05, 4.69) is 31.2 Å². The fourth-order valence-electron chi connectivity index (χ4n) is 1.60. The van der Waals surface area contributed by atoms with Crippen LogP contribution in [0.25, 0.3) is 11.1 Å². The molecule has 0 bridgehead atoms. The summed E-state index contributed by atoms with van der Waals surface area (Å²) >= 11 is 0.